The number of rotatable bonds is 4. The molecule has 0 aliphatic carbocycles. The van der Waals surface area contributed by atoms with Crippen molar-refractivity contribution < 1.29 is 9.53 Å². The van der Waals surface area contributed by atoms with E-state index < -0.39 is 0 Å². The zero-order chi connectivity index (χ0) is 16.1. The Kier molecular flexibility index (Phi) is 6.64. The first-order valence-corrected chi connectivity index (χ1v) is 8.05. The van der Waals surface area contributed by atoms with Crippen LogP contribution in [0.5, 0.6) is 0 Å². The first kappa shape index (κ1) is 18.3. The second kappa shape index (κ2) is 8.71. The molecular weight excluding hydrogens is 324 g/mol. The number of anilines is 1. The summed E-state index contributed by atoms with van der Waals surface area (Å²) in [5.41, 5.74) is 8.07. The van der Waals surface area contributed by atoms with Crippen LogP contribution in [0.15, 0.2) is 54.6 Å². The third-order valence-electron chi connectivity index (χ3n) is 4.30. The molecule has 0 saturated carbocycles. The third-order valence-corrected chi connectivity index (χ3v) is 4.30. The van der Waals surface area contributed by atoms with Crippen molar-refractivity contribution >= 4 is 24.0 Å². The Morgan fingerprint density at radius 1 is 1.12 bits per heavy atom. The van der Waals surface area contributed by atoms with Gasteiger partial charge >= 0.3 is 0 Å². The van der Waals surface area contributed by atoms with E-state index in [9.17, 15) is 4.79 Å². The lowest BCUT2D eigenvalue weighted by Gasteiger charge is -2.32. The minimum Gasteiger partial charge on any atom is -0.398 e. The summed E-state index contributed by atoms with van der Waals surface area (Å²) in [7, 11) is 0. The van der Waals surface area contributed by atoms with Crippen LogP contribution in [-0.4, -0.2) is 19.1 Å². The fraction of sp³-hybridized carbons (Fsp3) is 0.316. The normalized spacial score (nSPS) is 20.0. The highest BCUT2D eigenvalue weighted by atomic mass is 35.5. The molecule has 1 aliphatic rings. The van der Waals surface area contributed by atoms with E-state index in [1.807, 2.05) is 30.3 Å². The predicted octanol–water partition coefficient (Wildman–Crippen LogP) is 3.59. The summed E-state index contributed by atoms with van der Waals surface area (Å²) in [6, 6.07) is 17.3. The van der Waals surface area contributed by atoms with Gasteiger partial charge in [-0.25, -0.2) is 0 Å². The average molecular weight is 347 g/mol. The van der Waals surface area contributed by atoms with Crippen LogP contribution in [0.25, 0.3) is 0 Å². The van der Waals surface area contributed by atoms with E-state index in [-0.39, 0.29) is 30.3 Å². The fourth-order valence-corrected chi connectivity index (χ4v) is 3.09. The van der Waals surface area contributed by atoms with Crippen LogP contribution in [0.3, 0.4) is 0 Å². The Bertz CT molecular complexity index is 663. The van der Waals surface area contributed by atoms with E-state index in [4.69, 9.17) is 10.5 Å². The minimum atomic E-state index is -0.125. The van der Waals surface area contributed by atoms with E-state index in [0.29, 0.717) is 17.8 Å². The third kappa shape index (κ3) is 4.28. The number of hydrogen-bond acceptors (Lipinski definition) is 3. The zero-order valence-corrected chi connectivity index (χ0v) is 14.3. The highest BCUT2D eigenvalue weighted by molar-refractivity contribution is 5.99. The number of amides is 1. The van der Waals surface area contributed by atoms with Crippen molar-refractivity contribution in [1.82, 2.24) is 5.32 Å². The Morgan fingerprint density at radius 2 is 1.83 bits per heavy atom. The molecule has 24 heavy (non-hydrogen) atoms. The van der Waals surface area contributed by atoms with Crippen LogP contribution in [-0.2, 0) is 4.74 Å². The molecule has 2 atom stereocenters. The topological polar surface area (TPSA) is 64.4 Å². The maximum absolute atomic E-state index is 12.3. The first-order valence-electron chi connectivity index (χ1n) is 8.05. The average Bonchev–Trinajstić information content (AvgIpc) is 2.61. The summed E-state index contributed by atoms with van der Waals surface area (Å²) in [4.78, 5) is 12.3. The fourth-order valence-electron chi connectivity index (χ4n) is 3.09. The van der Waals surface area contributed by atoms with Crippen LogP contribution in [0, 0.1) is 5.92 Å². The van der Waals surface area contributed by atoms with Crippen molar-refractivity contribution in [2.45, 2.75) is 18.9 Å². The van der Waals surface area contributed by atoms with Gasteiger partial charge in [0.15, 0.2) is 0 Å². The van der Waals surface area contributed by atoms with Gasteiger partial charge in [-0.3, -0.25) is 4.79 Å². The van der Waals surface area contributed by atoms with Gasteiger partial charge in [-0.15, -0.1) is 12.4 Å². The van der Waals surface area contributed by atoms with Gasteiger partial charge in [-0.1, -0.05) is 42.5 Å². The number of ether oxygens (including phenoxy) is 1. The Hall–Kier alpha value is -2.04. The molecule has 1 aliphatic heterocycles. The summed E-state index contributed by atoms with van der Waals surface area (Å²) in [6.45, 7) is 1.36. The molecule has 1 fully saturated rings. The minimum absolute atomic E-state index is 0. The van der Waals surface area contributed by atoms with Crippen LogP contribution < -0.4 is 11.1 Å². The number of nitrogens with two attached hydrogens (primary N) is 1. The molecule has 2 aromatic carbocycles. The lowest BCUT2D eigenvalue weighted by molar-refractivity contribution is -0.0272. The van der Waals surface area contributed by atoms with E-state index >= 15 is 0 Å². The molecule has 4 nitrogen and oxygen atoms in total. The summed E-state index contributed by atoms with van der Waals surface area (Å²) in [5, 5.41) is 3.01. The lowest BCUT2D eigenvalue weighted by Crippen LogP contribution is -2.35. The van der Waals surface area contributed by atoms with Gasteiger partial charge in [0.05, 0.1) is 11.7 Å². The second-order valence-electron chi connectivity index (χ2n) is 5.90. The van der Waals surface area contributed by atoms with Gasteiger partial charge < -0.3 is 15.8 Å². The standard InChI is InChI=1S/C19H22N2O2.ClH/c20-17-11-5-4-10-16(17)19(22)21-13-15-9-6-12-23-18(15)14-7-2-1-3-8-14;/h1-5,7-8,10-11,15,18H,6,9,12-13,20H2,(H,21,22);1H. The molecule has 1 heterocycles. The van der Waals surface area contributed by atoms with Crippen molar-refractivity contribution in [3.05, 3.63) is 65.7 Å². The summed E-state index contributed by atoms with van der Waals surface area (Å²) < 4.78 is 5.96. The zero-order valence-electron chi connectivity index (χ0n) is 13.5. The molecule has 0 bridgehead atoms. The largest absolute Gasteiger partial charge is 0.398 e. The van der Waals surface area contributed by atoms with Crippen molar-refractivity contribution in [3.8, 4) is 0 Å². The van der Waals surface area contributed by atoms with Crippen LogP contribution in [0.2, 0.25) is 0 Å². The predicted molar refractivity (Wildman–Crippen MR) is 98.3 cm³/mol. The highest BCUT2D eigenvalue weighted by Crippen LogP contribution is 2.33. The Morgan fingerprint density at radius 3 is 2.58 bits per heavy atom. The van der Waals surface area contributed by atoms with Crippen LogP contribution in [0.1, 0.15) is 34.9 Å². The summed E-state index contributed by atoms with van der Waals surface area (Å²) >= 11 is 0. The smallest absolute Gasteiger partial charge is 0.253 e. The molecule has 5 heteroatoms. The van der Waals surface area contributed by atoms with Crippen LogP contribution >= 0.6 is 12.4 Å². The molecule has 0 aromatic heterocycles. The van der Waals surface area contributed by atoms with E-state index in [1.165, 1.54) is 5.56 Å². The number of para-hydroxylation sites is 1. The Balaban J connectivity index is 0.00000208. The molecule has 2 unspecified atom stereocenters. The molecule has 0 radical (unpaired) electrons. The maximum Gasteiger partial charge on any atom is 0.253 e. The lowest BCUT2D eigenvalue weighted by atomic mass is 9.89. The number of nitrogens with one attached hydrogen (secondary N) is 1. The molecule has 128 valence electrons. The van der Waals surface area contributed by atoms with Gasteiger partial charge in [0.25, 0.3) is 5.91 Å². The molecule has 2 aromatic rings. The highest BCUT2D eigenvalue weighted by Gasteiger charge is 2.27. The number of carbonyl (C=O) groups is 1. The van der Waals surface area contributed by atoms with Crippen molar-refractivity contribution in [3.63, 3.8) is 0 Å². The van der Waals surface area contributed by atoms with Crippen molar-refractivity contribution in [1.29, 1.82) is 0 Å². The molecule has 3 N–H and O–H groups in total. The molecule has 1 amide bonds. The number of hydrogen-bond donors (Lipinski definition) is 2. The second-order valence-corrected chi connectivity index (χ2v) is 5.90. The van der Waals surface area contributed by atoms with Crippen LogP contribution in [0.4, 0.5) is 5.69 Å². The molecule has 3 rings (SSSR count). The van der Waals surface area contributed by atoms with Gasteiger partial charge in [0.1, 0.15) is 0 Å². The quantitative estimate of drug-likeness (QED) is 0.831. The van der Waals surface area contributed by atoms with Gasteiger partial charge in [-0.05, 0) is 30.5 Å². The van der Waals surface area contributed by atoms with Gasteiger partial charge in [0, 0.05) is 24.8 Å². The maximum atomic E-state index is 12.3. The van der Waals surface area contributed by atoms with E-state index in [1.54, 1.807) is 12.1 Å². The van der Waals surface area contributed by atoms with E-state index in [0.717, 1.165) is 19.4 Å². The summed E-state index contributed by atoms with van der Waals surface area (Å²) in [6.07, 6.45) is 2.11. The van der Waals surface area contributed by atoms with Crippen molar-refractivity contribution in [2.24, 2.45) is 5.92 Å². The molecule has 1 saturated heterocycles. The number of carbonyl (C=O) groups excluding carboxylic acids is 1. The van der Waals surface area contributed by atoms with Gasteiger partial charge in [0.2, 0.25) is 0 Å². The first-order chi connectivity index (χ1) is 11.3. The molecular formula is C19H23ClN2O2. The number of nitrogen functional groups attached to an aromatic ring is 1. The SMILES string of the molecule is Cl.Nc1ccccc1C(=O)NCC1CCCOC1c1ccccc1. The van der Waals surface area contributed by atoms with Crippen molar-refractivity contribution in [2.75, 3.05) is 18.9 Å². The van der Waals surface area contributed by atoms with Gasteiger partial charge in [-0.2, -0.15) is 0 Å². The summed E-state index contributed by atoms with van der Waals surface area (Å²) in [5.74, 6) is 0.153. The Labute approximate surface area is 148 Å². The molecule has 0 spiro atoms. The number of benzene rings is 2. The van der Waals surface area contributed by atoms with E-state index in [2.05, 4.69) is 17.4 Å². The number of halogens is 1. The monoisotopic (exact) mass is 346 g/mol.